The molecule has 0 aromatic heterocycles. The standard InChI is InChI=1S/C26H41N3O6/c1-9-15-29(24(32)21(17(3)10-2)28-25(33)35-26(5,6)7)22(19-14-12-11-13-18(19)4)23(31)27-16-20(30)34-8/h11-14,17,21-22H,9-10,15-16H2,1-8H3,(H,27,31)(H,28,33). The Bertz CT molecular complexity index is 880. The predicted molar refractivity (Wildman–Crippen MR) is 134 cm³/mol. The molecule has 0 radical (unpaired) electrons. The number of amides is 3. The summed E-state index contributed by atoms with van der Waals surface area (Å²) in [5, 5.41) is 5.31. The predicted octanol–water partition coefficient (Wildman–Crippen LogP) is 3.50. The van der Waals surface area contributed by atoms with E-state index in [9.17, 15) is 19.2 Å². The molecule has 0 saturated carbocycles. The first-order chi connectivity index (χ1) is 16.4. The minimum atomic E-state index is -1.000. The van der Waals surface area contributed by atoms with Gasteiger partial charge < -0.3 is 25.0 Å². The molecule has 0 fully saturated rings. The molecule has 0 bridgehead atoms. The molecule has 0 spiro atoms. The van der Waals surface area contributed by atoms with Crippen LogP contribution in [0.4, 0.5) is 4.79 Å². The van der Waals surface area contributed by atoms with E-state index in [4.69, 9.17) is 4.74 Å². The zero-order valence-electron chi connectivity index (χ0n) is 22.3. The van der Waals surface area contributed by atoms with Gasteiger partial charge in [0.25, 0.3) is 0 Å². The highest BCUT2D eigenvalue weighted by Crippen LogP contribution is 2.27. The van der Waals surface area contributed by atoms with E-state index in [2.05, 4.69) is 15.4 Å². The number of hydrogen-bond acceptors (Lipinski definition) is 6. The van der Waals surface area contributed by atoms with Crippen molar-refractivity contribution < 1.29 is 28.7 Å². The zero-order chi connectivity index (χ0) is 26.8. The number of rotatable bonds is 11. The van der Waals surface area contributed by atoms with Crippen molar-refractivity contribution in [1.29, 1.82) is 0 Å². The topological polar surface area (TPSA) is 114 Å². The molecule has 196 valence electrons. The third kappa shape index (κ3) is 9.22. The van der Waals surface area contributed by atoms with E-state index in [0.717, 1.165) is 5.56 Å². The fraction of sp³-hybridized carbons (Fsp3) is 0.615. The third-order valence-corrected chi connectivity index (χ3v) is 5.58. The van der Waals surface area contributed by atoms with Crippen LogP contribution in [0.5, 0.6) is 0 Å². The molecular formula is C26H41N3O6. The van der Waals surface area contributed by atoms with Crippen molar-refractivity contribution in [2.24, 2.45) is 5.92 Å². The molecule has 0 saturated heterocycles. The summed E-state index contributed by atoms with van der Waals surface area (Å²) in [4.78, 5) is 53.0. The lowest BCUT2D eigenvalue weighted by Gasteiger charge is -2.36. The molecule has 0 aliphatic heterocycles. The summed E-state index contributed by atoms with van der Waals surface area (Å²) >= 11 is 0. The maximum Gasteiger partial charge on any atom is 0.408 e. The maximum atomic E-state index is 13.9. The monoisotopic (exact) mass is 491 g/mol. The minimum absolute atomic E-state index is 0.218. The van der Waals surface area contributed by atoms with Crippen LogP contribution in [-0.4, -0.2) is 60.6 Å². The first kappa shape index (κ1) is 29.9. The van der Waals surface area contributed by atoms with Gasteiger partial charge in [-0.1, -0.05) is 51.5 Å². The van der Waals surface area contributed by atoms with Crippen molar-refractivity contribution in [2.75, 3.05) is 20.2 Å². The Hall–Kier alpha value is -3.10. The molecule has 3 unspecified atom stereocenters. The van der Waals surface area contributed by atoms with E-state index in [1.54, 1.807) is 32.9 Å². The van der Waals surface area contributed by atoms with E-state index in [-0.39, 0.29) is 19.0 Å². The van der Waals surface area contributed by atoms with Crippen LogP contribution in [0.1, 0.15) is 71.6 Å². The molecule has 2 N–H and O–H groups in total. The third-order valence-electron chi connectivity index (χ3n) is 5.58. The lowest BCUT2D eigenvalue weighted by molar-refractivity contribution is -0.145. The summed E-state index contributed by atoms with van der Waals surface area (Å²) in [6.07, 6.45) is 0.503. The number of alkyl carbamates (subject to hydrolysis) is 1. The Labute approximate surface area is 208 Å². The summed E-state index contributed by atoms with van der Waals surface area (Å²) in [6, 6.07) is 5.38. The van der Waals surface area contributed by atoms with Gasteiger partial charge >= 0.3 is 12.1 Å². The number of aryl methyl sites for hydroxylation is 1. The van der Waals surface area contributed by atoms with E-state index in [0.29, 0.717) is 18.4 Å². The molecule has 1 rings (SSSR count). The average Bonchev–Trinajstić information content (AvgIpc) is 2.79. The van der Waals surface area contributed by atoms with E-state index in [1.807, 2.05) is 39.8 Å². The van der Waals surface area contributed by atoms with E-state index >= 15 is 0 Å². The van der Waals surface area contributed by atoms with Crippen molar-refractivity contribution >= 4 is 23.9 Å². The number of esters is 1. The summed E-state index contributed by atoms with van der Waals surface area (Å²) in [6.45, 7) is 12.7. The fourth-order valence-corrected chi connectivity index (χ4v) is 3.58. The first-order valence-corrected chi connectivity index (χ1v) is 12.1. The van der Waals surface area contributed by atoms with Gasteiger partial charge in [-0.25, -0.2) is 4.79 Å². The number of carbonyl (C=O) groups excluding carboxylic acids is 4. The minimum Gasteiger partial charge on any atom is -0.468 e. The Morgan fingerprint density at radius 2 is 1.71 bits per heavy atom. The van der Waals surface area contributed by atoms with Crippen molar-refractivity contribution in [1.82, 2.24) is 15.5 Å². The first-order valence-electron chi connectivity index (χ1n) is 12.1. The SMILES string of the molecule is CCCN(C(=O)C(NC(=O)OC(C)(C)C)C(C)CC)C(C(=O)NCC(=O)OC)c1ccccc1C. The zero-order valence-corrected chi connectivity index (χ0v) is 22.3. The number of carbonyl (C=O) groups is 4. The highest BCUT2D eigenvalue weighted by molar-refractivity contribution is 5.93. The second kappa shape index (κ2) is 13.7. The van der Waals surface area contributed by atoms with Gasteiger partial charge in [-0.15, -0.1) is 0 Å². The highest BCUT2D eigenvalue weighted by Gasteiger charge is 2.38. The van der Waals surface area contributed by atoms with E-state index in [1.165, 1.54) is 12.0 Å². The van der Waals surface area contributed by atoms with Crippen molar-refractivity contribution in [3.63, 3.8) is 0 Å². The molecule has 0 heterocycles. The van der Waals surface area contributed by atoms with Crippen LogP contribution in [0.15, 0.2) is 24.3 Å². The summed E-state index contributed by atoms with van der Waals surface area (Å²) in [7, 11) is 1.24. The van der Waals surface area contributed by atoms with Crippen molar-refractivity contribution in [3.05, 3.63) is 35.4 Å². The molecule has 9 heteroatoms. The van der Waals surface area contributed by atoms with Crippen LogP contribution in [0.25, 0.3) is 0 Å². The van der Waals surface area contributed by atoms with Gasteiger partial charge in [0, 0.05) is 6.54 Å². The second-order valence-electron chi connectivity index (χ2n) is 9.59. The molecule has 3 amide bonds. The Morgan fingerprint density at radius 3 is 2.23 bits per heavy atom. The van der Waals surface area contributed by atoms with Crippen LogP contribution < -0.4 is 10.6 Å². The lowest BCUT2D eigenvalue weighted by atomic mass is 9.94. The van der Waals surface area contributed by atoms with Crippen molar-refractivity contribution in [2.45, 2.75) is 79.0 Å². The van der Waals surface area contributed by atoms with Gasteiger partial charge in [0.2, 0.25) is 11.8 Å². The molecular weight excluding hydrogens is 450 g/mol. The summed E-state index contributed by atoms with van der Waals surface area (Å²) < 4.78 is 10.0. The van der Waals surface area contributed by atoms with Crippen LogP contribution in [0.2, 0.25) is 0 Å². The van der Waals surface area contributed by atoms with E-state index < -0.39 is 41.6 Å². The Morgan fingerprint density at radius 1 is 1.09 bits per heavy atom. The van der Waals surface area contributed by atoms with Crippen LogP contribution in [0.3, 0.4) is 0 Å². The summed E-state index contributed by atoms with van der Waals surface area (Å²) in [5.74, 6) is -1.72. The number of nitrogens with one attached hydrogen (secondary N) is 2. The molecule has 9 nitrogen and oxygen atoms in total. The fourth-order valence-electron chi connectivity index (χ4n) is 3.58. The largest absolute Gasteiger partial charge is 0.468 e. The van der Waals surface area contributed by atoms with Gasteiger partial charge in [0.05, 0.1) is 7.11 Å². The van der Waals surface area contributed by atoms with Crippen LogP contribution in [-0.2, 0) is 23.9 Å². The molecule has 3 atom stereocenters. The van der Waals surface area contributed by atoms with Gasteiger partial charge in [0.1, 0.15) is 24.2 Å². The molecule has 0 aliphatic carbocycles. The van der Waals surface area contributed by atoms with Crippen molar-refractivity contribution in [3.8, 4) is 0 Å². The second-order valence-corrected chi connectivity index (χ2v) is 9.59. The number of benzene rings is 1. The van der Waals surface area contributed by atoms with Crippen LogP contribution in [0, 0.1) is 12.8 Å². The Kier molecular flexibility index (Phi) is 11.7. The number of ether oxygens (including phenoxy) is 2. The molecule has 35 heavy (non-hydrogen) atoms. The van der Waals surface area contributed by atoms with Gasteiger partial charge in [-0.3, -0.25) is 14.4 Å². The summed E-state index contributed by atoms with van der Waals surface area (Å²) in [5.41, 5.74) is 0.727. The maximum absolute atomic E-state index is 13.9. The molecule has 0 aliphatic rings. The normalized spacial score (nSPS) is 13.7. The van der Waals surface area contributed by atoms with Gasteiger partial charge in [-0.2, -0.15) is 0 Å². The van der Waals surface area contributed by atoms with Gasteiger partial charge in [0.15, 0.2) is 0 Å². The van der Waals surface area contributed by atoms with Gasteiger partial charge in [-0.05, 0) is 51.2 Å². The van der Waals surface area contributed by atoms with Crippen LogP contribution >= 0.6 is 0 Å². The smallest absolute Gasteiger partial charge is 0.408 e. The average molecular weight is 492 g/mol. The highest BCUT2D eigenvalue weighted by atomic mass is 16.6. The number of hydrogen-bond donors (Lipinski definition) is 2. The lowest BCUT2D eigenvalue weighted by Crippen LogP contribution is -2.55. The molecule has 1 aromatic rings. The Balaban J connectivity index is 3.45. The quantitative estimate of drug-likeness (QED) is 0.458. The number of nitrogens with zero attached hydrogens (tertiary/aromatic N) is 1. The molecule has 1 aromatic carbocycles. The number of methoxy groups -OCH3 is 1.